The number of aromatic carboxylic acids is 1. The molecular formula is C24H22N2O4. The Balaban J connectivity index is 1.53. The zero-order valence-corrected chi connectivity index (χ0v) is 16.8. The van der Waals surface area contributed by atoms with Crippen molar-refractivity contribution in [3.8, 4) is 11.1 Å². The Kier molecular flexibility index (Phi) is 5.14. The maximum absolute atomic E-state index is 12.5. The minimum atomic E-state index is -1.12. The van der Waals surface area contributed by atoms with Gasteiger partial charge in [-0.3, -0.25) is 5.32 Å². The highest BCUT2D eigenvalue weighted by Crippen LogP contribution is 2.44. The number of hydrogen-bond donors (Lipinski definition) is 2. The van der Waals surface area contributed by atoms with Gasteiger partial charge in [-0.2, -0.15) is 0 Å². The van der Waals surface area contributed by atoms with E-state index in [1.807, 2.05) is 55.4 Å². The number of amides is 1. The van der Waals surface area contributed by atoms with E-state index in [-0.39, 0.29) is 23.8 Å². The molecule has 0 aromatic heterocycles. The fourth-order valence-electron chi connectivity index (χ4n) is 3.84. The summed E-state index contributed by atoms with van der Waals surface area (Å²) in [7, 11) is 3.68. The van der Waals surface area contributed by atoms with Crippen LogP contribution in [0.3, 0.4) is 0 Å². The highest BCUT2D eigenvalue weighted by molar-refractivity contribution is 5.99. The van der Waals surface area contributed by atoms with E-state index in [9.17, 15) is 14.7 Å². The number of benzene rings is 3. The second-order valence-corrected chi connectivity index (χ2v) is 7.38. The Morgan fingerprint density at radius 1 is 0.967 bits per heavy atom. The van der Waals surface area contributed by atoms with Gasteiger partial charge in [0.2, 0.25) is 0 Å². The molecule has 6 heteroatoms. The van der Waals surface area contributed by atoms with Crippen molar-refractivity contribution < 1.29 is 19.4 Å². The van der Waals surface area contributed by atoms with Gasteiger partial charge in [-0.05, 0) is 40.5 Å². The summed E-state index contributed by atoms with van der Waals surface area (Å²) in [6.45, 7) is 0.162. The van der Waals surface area contributed by atoms with E-state index in [1.54, 1.807) is 12.1 Å². The molecule has 1 amide bonds. The van der Waals surface area contributed by atoms with Gasteiger partial charge < -0.3 is 14.7 Å². The van der Waals surface area contributed by atoms with Gasteiger partial charge >= 0.3 is 12.1 Å². The number of carbonyl (C=O) groups is 2. The molecular weight excluding hydrogens is 380 g/mol. The molecule has 0 spiro atoms. The number of rotatable bonds is 5. The molecule has 2 N–H and O–H groups in total. The standard InChI is InChI=1S/C24H22N2O4/c1-26(2)15-11-12-20(23(27)28)22(13-15)25-24(29)30-14-21-18-9-5-3-7-16(18)17-8-4-6-10-19(17)21/h3-13,21H,14H2,1-2H3,(H,25,29)(H,27,28). The predicted octanol–water partition coefficient (Wildman–Crippen LogP) is 4.81. The summed E-state index contributed by atoms with van der Waals surface area (Å²) in [6.07, 6.45) is -0.685. The normalized spacial score (nSPS) is 12.1. The molecule has 1 aliphatic rings. The van der Waals surface area contributed by atoms with E-state index in [0.29, 0.717) is 0 Å². The van der Waals surface area contributed by atoms with Gasteiger partial charge in [0.05, 0.1) is 11.3 Å². The molecule has 4 rings (SSSR count). The minimum absolute atomic E-state index is 0.00843. The Morgan fingerprint density at radius 3 is 2.13 bits per heavy atom. The van der Waals surface area contributed by atoms with Crippen LogP contribution in [-0.2, 0) is 4.74 Å². The lowest BCUT2D eigenvalue weighted by molar-refractivity contribution is 0.0698. The number of nitrogens with one attached hydrogen (secondary N) is 1. The smallest absolute Gasteiger partial charge is 0.411 e. The van der Waals surface area contributed by atoms with E-state index in [1.165, 1.54) is 6.07 Å². The van der Waals surface area contributed by atoms with Gasteiger partial charge in [0.15, 0.2) is 0 Å². The number of carbonyl (C=O) groups excluding carboxylic acids is 1. The van der Waals surface area contributed by atoms with Crippen molar-refractivity contribution in [3.63, 3.8) is 0 Å². The maximum Gasteiger partial charge on any atom is 0.411 e. The largest absolute Gasteiger partial charge is 0.478 e. The van der Waals surface area contributed by atoms with Gasteiger partial charge in [0.1, 0.15) is 6.61 Å². The molecule has 0 aliphatic heterocycles. The van der Waals surface area contributed by atoms with Gasteiger partial charge in [0, 0.05) is 25.7 Å². The lowest BCUT2D eigenvalue weighted by Crippen LogP contribution is -2.20. The molecule has 30 heavy (non-hydrogen) atoms. The third-order valence-corrected chi connectivity index (χ3v) is 5.33. The number of carboxylic acid groups (broad SMARTS) is 1. The van der Waals surface area contributed by atoms with Gasteiger partial charge in [-0.1, -0.05) is 48.5 Å². The van der Waals surface area contributed by atoms with Gasteiger partial charge in [-0.25, -0.2) is 9.59 Å². The molecule has 3 aromatic rings. The first kappa shape index (κ1) is 19.5. The quantitative estimate of drug-likeness (QED) is 0.640. The zero-order chi connectivity index (χ0) is 21.3. The Morgan fingerprint density at radius 2 is 1.57 bits per heavy atom. The van der Waals surface area contributed by atoms with E-state index < -0.39 is 12.1 Å². The average Bonchev–Trinajstić information content (AvgIpc) is 3.06. The first-order valence-corrected chi connectivity index (χ1v) is 9.62. The molecule has 0 atom stereocenters. The minimum Gasteiger partial charge on any atom is -0.478 e. The third kappa shape index (κ3) is 3.59. The molecule has 0 fully saturated rings. The maximum atomic E-state index is 12.5. The fourth-order valence-corrected chi connectivity index (χ4v) is 3.84. The van der Waals surface area contributed by atoms with Crippen LogP contribution in [0, 0.1) is 0 Å². The van der Waals surface area contributed by atoms with Crippen molar-refractivity contribution in [1.82, 2.24) is 0 Å². The van der Waals surface area contributed by atoms with Crippen LogP contribution in [-0.4, -0.2) is 37.9 Å². The Bertz CT molecular complexity index is 1080. The second kappa shape index (κ2) is 7.91. The van der Waals surface area contributed by atoms with Gasteiger partial charge in [-0.15, -0.1) is 0 Å². The molecule has 1 aliphatic carbocycles. The van der Waals surface area contributed by atoms with Crippen LogP contribution in [0.5, 0.6) is 0 Å². The molecule has 0 radical (unpaired) electrons. The van der Waals surface area contributed by atoms with Crippen molar-refractivity contribution in [2.24, 2.45) is 0 Å². The fraction of sp³-hybridized carbons (Fsp3) is 0.167. The third-order valence-electron chi connectivity index (χ3n) is 5.33. The Hall–Kier alpha value is -3.80. The van der Waals surface area contributed by atoms with Crippen molar-refractivity contribution in [1.29, 1.82) is 0 Å². The van der Waals surface area contributed by atoms with Crippen molar-refractivity contribution in [2.75, 3.05) is 30.9 Å². The molecule has 6 nitrogen and oxygen atoms in total. The molecule has 0 heterocycles. The average molecular weight is 402 g/mol. The first-order chi connectivity index (χ1) is 14.5. The number of anilines is 2. The highest BCUT2D eigenvalue weighted by atomic mass is 16.5. The van der Waals surface area contributed by atoms with Crippen LogP contribution < -0.4 is 10.2 Å². The van der Waals surface area contributed by atoms with Crippen molar-refractivity contribution in [3.05, 3.63) is 83.4 Å². The number of ether oxygens (including phenoxy) is 1. The van der Waals surface area contributed by atoms with Gasteiger partial charge in [0.25, 0.3) is 0 Å². The lowest BCUT2D eigenvalue weighted by Gasteiger charge is -2.17. The number of fused-ring (bicyclic) bond motifs is 3. The number of carboxylic acids is 1. The van der Waals surface area contributed by atoms with Crippen LogP contribution in [0.2, 0.25) is 0 Å². The molecule has 0 unspecified atom stereocenters. The summed E-state index contributed by atoms with van der Waals surface area (Å²) in [6, 6.07) is 20.9. The first-order valence-electron chi connectivity index (χ1n) is 9.62. The molecule has 152 valence electrons. The monoisotopic (exact) mass is 402 g/mol. The predicted molar refractivity (Wildman–Crippen MR) is 116 cm³/mol. The summed E-state index contributed by atoms with van der Waals surface area (Å²) < 4.78 is 5.52. The van der Waals surface area contributed by atoms with Crippen molar-refractivity contribution in [2.45, 2.75) is 5.92 Å². The highest BCUT2D eigenvalue weighted by Gasteiger charge is 2.29. The van der Waals surface area contributed by atoms with E-state index in [4.69, 9.17) is 4.74 Å². The zero-order valence-electron chi connectivity index (χ0n) is 16.8. The van der Waals surface area contributed by atoms with E-state index in [2.05, 4.69) is 17.4 Å². The van der Waals surface area contributed by atoms with Crippen LogP contribution in [0.25, 0.3) is 11.1 Å². The molecule has 3 aromatic carbocycles. The number of nitrogens with zero attached hydrogens (tertiary/aromatic N) is 1. The number of hydrogen-bond acceptors (Lipinski definition) is 4. The second-order valence-electron chi connectivity index (χ2n) is 7.38. The molecule has 0 bridgehead atoms. The topological polar surface area (TPSA) is 78.9 Å². The van der Waals surface area contributed by atoms with E-state index in [0.717, 1.165) is 27.9 Å². The molecule has 0 saturated carbocycles. The Labute approximate surface area is 174 Å². The van der Waals surface area contributed by atoms with Crippen LogP contribution in [0.1, 0.15) is 27.4 Å². The summed E-state index contributed by atoms with van der Waals surface area (Å²) in [4.78, 5) is 25.9. The van der Waals surface area contributed by atoms with Crippen LogP contribution >= 0.6 is 0 Å². The molecule has 0 saturated heterocycles. The van der Waals surface area contributed by atoms with Crippen molar-refractivity contribution >= 4 is 23.4 Å². The van der Waals surface area contributed by atoms with Crippen LogP contribution in [0.15, 0.2) is 66.7 Å². The lowest BCUT2D eigenvalue weighted by atomic mass is 9.98. The summed E-state index contributed by atoms with van der Waals surface area (Å²) >= 11 is 0. The summed E-state index contributed by atoms with van der Waals surface area (Å²) in [5.74, 6) is -1.18. The summed E-state index contributed by atoms with van der Waals surface area (Å²) in [5.41, 5.74) is 5.51. The SMILES string of the molecule is CN(C)c1ccc(C(=O)O)c(NC(=O)OCC2c3ccccc3-c3ccccc32)c1. The van der Waals surface area contributed by atoms with E-state index >= 15 is 0 Å². The van der Waals surface area contributed by atoms with Crippen LogP contribution in [0.4, 0.5) is 16.2 Å². The summed E-state index contributed by atoms with van der Waals surface area (Å²) in [5, 5.41) is 12.0.